The average molecular weight is 292 g/mol. The van der Waals surface area contributed by atoms with Crippen molar-refractivity contribution in [2.24, 2.45) is 5.92 Å². The van der Waals surface area contributed by atoms with Gasteiger partial charge >= 0.3 is 0 Å². The highest BCUT2D eigenvalue weighted by Crippen LogP contribution is 2.25. The third-order valence-electron chi connectivity index (χ3n) is 3.57. The van der Waals surface area contributed by atoms with Gasteiger partial charge in [-0.2, -0.15) is 0 Å². The largest absolute Gasteiger partial charge is 0.491 e. The van der Waals surface area contributed by atoms with E-state index in [9.17, 15) is 0 Å². The molecule has 21 heavy (non-hydrogen) atoms. The third kappa shape index (κ3) is 5.21. The van der Waals surface area contributed by atoms with Gasteiger partial charge in [0.2, 0.25) is 0 Å². The molecule has 1 aliphatic heterocycles. The first-order chi connectivity index (χ1) is 10.2. The lowest BCUT2D eigenvalue weighted by atomic mass is 10.1. The first-order valence-electron chi connectivity index (χ1n) is 7.93. The molecule has 1 N–H and O–H groups in total. The van der Waals surface area contributed by atoms with Gasteiger partial charge in [0, 0.05) is 38.5 Å². The Kier molecular flexibility index (Phi) is 6.33. The number of piperazine rings is 1. The maximum atomic E-state index is 5.76. The number of anilines is 1. The van der Waals surface area contributed by atoms with Gasteiger partial charge in [-0.25, -0.2) is 0 Å². The van der Waals surface area contributed by atoms with Crippen molar-refractivity contribution in [3.63, 3.8) is 0 Å². The molecule has 0 aliphatic carbocycles. The normalized spacial score (nSPS) is 15.5. The van der Waals surface area contributed by atoms with Crippen molar-refractivity contribution in [1.29, 1.82) is 0 Å². The molecule has 0 radical (unpaired) electrons. The van der Waals surface area contributed by atoms with Crippen LogP contribution < -0.4 is 15.0 Å². The standard InChI is InChI=1S/C17H28N2O2/c1-14(2)13-20-10-11-21-16-4-5-17(15(3)12-16)19-8-6-18-7-9-19/h4-5,12,14,18H,6-11,13H2,1-3H3. The van der Waals surface area contributed by atoms with Crippen LogP contribution in [-0.4, -0.2) is 46.0 Å². The summed E-state index contributed by atoms with van der Waals surface area (Å²) in [6.45, 7) is 12.8. The molecule has 2 rings (SSSR count). The molecule has 118 valence electrons. The lowest BCUT2D eigenvalue weighted by molar-refractivity contribution is 0.0819. The number of hydrogen-bond acceptors (Lipinski definition) is 4. The van der Waals surface area contributed by atoms with E-state index >= 15 is 0 Å². The first-order valence-corrected chi connectivity index (χ1v) is 7.93. The van der Waals surface area contributed by atoms with Crippen molar-refractivity contribution in [2.75, 3.05) is 50.9 Å². The van der Waals surface area contributed by atoms with E-state index in [0.717, 1.165) is 38.5 Å². The van der Waals surface area contributed by atoms with E-state index in [0.29, 0.717) is 19.1 Å². The Bertz CT molecular complexity index is 429. The van der Waals surface area contributed by atoms with E-state index in [1.165, 1.54) is 11.3 Å². The molecule has 1 saturated heterocycles. The van der Waals surface area contributed by atoms with Crippen molar-refractivity contribution in [3.05, 3.63) is 23.8 Å². The number of nitrogens with one attached hydrogen (secondary N) is 1. The highest BCUT2D eigenvalue weighted by atomic mass is 16.5. The van der Waals surface area contributed by atoms with Gasteiger partial charge in [-0.05, 0) is 36.6 Å². The summed E-state index contributed by atoms with van der Waals surface area (Å²) >= 11 is 0. The molecule has 0 bridgehead atoms. The van der Waals surface area contributed by atoms with Gasteiger partial charge in [0.1, 0.15) is 12.4 Å². The highest BCUT2D eigenvalue weighted by molar-refractivity contribution is 5.56. The second-order valence-corrected chi connectivity index (χ2v) is 6.00. The minimum atomic E-state index is 0.575. The summed E-state index contributed by atoms with van der Waals surface area (Å²) in [5.74, 6) is 1.50. The van der Waals surface area contributed by atoms with Crippen molar-refractivity contribution >= 4 is 5.69 Å². The Morgan fingerprint density at radius 1 is 1.19 bits per heavy atom. The van der Waals surface area contributed by atoms with Crippen LogP contribution in [0.15, 0.2) is 18.2 Å². The average Bonchev–Trinajstić information content (AvgIpc) is 2.47. The maximum absolute atomic E-state index is 5.76. The van der Waals surface area contributed by atoms with Crippen LogP contribution >= 0.6 is 0 Å². The van der Waals surface area contributed by atoms with Crippen LogP contribution in [0.2, 0.25) is 0 Å². The lowest BCUT2D eigenvalue weighted by Gasteiger charge is -2.30. The SMILES string of the molecule is Cc1cc(OCCOCC(C)C)ccc1N1CCNCC1. The molecule has 1 aromatic rings. The number of nitrogens with zero attached hydrogens (tertiary/aromatic N) is 1. The molecule has 4 nitrogen and oxygen atoms in total. The van der Waals surface area contributed by atoms with E-state index in [1.54, 1.807) is 0 Å². The minimum Gasteiger partial charge on any atom is -0.491 e. The van der Waals surface area contributed by atoms with E-state index in [4.69, 9.17) is 9.47 Å². The molecule has 0 atom stereocenters. The highest BCUT2D eigenvalue weighted by Gasteiger charge is 2.12. The van der Waals surface area contributed by atoms with Crippen molar-refractivity contribution in [1.82, 2.24) is 5.32 Å². The van der Waals surface area contributed by atoms with Gasteiger partial charge in [-0.3, -0.25) is 0 Å². The summed E-state index contributed by atoms with van der Waals surface area (Å²) in [7, 11) is 0. The van der Waals surface area contributed by atoms with Gasteiger partial charge in [-0.15, -0.1) is 0 Å². The number of benzene rings is 1. The second kappa shape index (κ2) is 8.25. The summed E-state index contributed by atoms with van der Waals surface area (Å²) in [5, 5.41) is 3.38. The summed E-state index contributed by atoms with van der Waals surface area (Å²) in [6, 6.07) is 6.36. The van der Waals surface area contributed by atoms with E-state index < -0.39 is 0 Å². The first kappa shape index (κ1) is 16.1. The Morgan fingerprint density at radius 3 is 2.62 bits per heavy atom. The van der Waals surface area contributed by atoms with Gasteiger partial charge in [0.15, 0.2) is 0 Å². The van der Waals surface area contributed by atoms with Crippen LogP contribution in [-0.2, 0) is 4.74 Å². The third-order valence-corrected chi connectivity index (χ3v) is 3.57. The molecule has 1 aliphatic rings. The molecule has 1 heterocycles. The van der Waals surface area contributed by atoms with Gasteiger partial charge < -0.3 is 19.7 Å². The van der Waals surface area contributed by atoms with Crippen molar-refractivity contribution in [3.8, 4) is 5.75 Å². The number of ether oxygens (including phenoxy) is 2. The molecule has 0 saturated carbocycles. The Hall–Kier alpha value is -1.26. The molecular formula is C17H28N2O2. The van der Waals surface area contributed by atoms with Gasteiger partial charge in [0.05, 0.1) is 6.61 Å². The Morgan fingerprint density at radius 2 is 1.95 bits per heavy atom. The minimum absolute atomic E-state index is 0.575. The van der Waals surface area contributed by atoms with E-state index in [-0.39, 0.29) is 0 Å². The fourth-order valence-corrected chi connectivity index (χ4v) is 2.52. The summed E-state index contributed by atoms with van der Waals surface area (Å²) < 4.78 is 11.3. The van der Waals surface area contributed by atoms with Crippen LogP contribution in [0.25, 0.3) is 0 Å². The zero-order chi connectivity index (χ0) is 15.1. The predicted octanol–water partition coefficient (Wildman–Crippen LogP) is 2.46. The molecular weight excluding hydrogens is 264 g/mol. The fourth-order valence-electron chi connectivity index (χ4n) is 2.52. The van der Waals surface area contributed by atoms with Gasteiger partial charge in [-0.1, -0.05) is 13.8 Å². The number of rotatable bonds is 7. The quantitative estimate of drug-likeness (QED) is 0.783. The molecule has 0 aromatic heterocycles. The topological polar surface area (TPSA) is 33.7 Å². The number of hydrogen-bond donors (Lipinski definition) is 1. The monoisotopic (exact) mass is 292 g/mol. The van der Waals surface area contributed by atoms with Crippen molar-refractivity contribution < 1.29 is 9.47 Å². The summed E-state index contributed by atoms with van der Waals surface area (Å²) in [4.78, 5) is 2.43. The van der Waals surface area contributed by atoms with Crippen LogP contribution in [0.1, 0.15) is 19.4 Å². The van der Waals surface area contributed by atoms with Crippen LogP contribution in [0.4, 0.5) is 5.69 Å². The second-order valence-electron chi connectivity index (χ2n) is 6.00. The smallest absolute Gasteiger partial charge is 0.119 e. The zero-order valence-electron chi connectivity index (χ0n) is 13.5. The van der Waals surface area contributed by atoms with Crippen LogP contribution in [0.3, 0.4) is 0 Å². The van der Waals surface area contributed by atoms with Crippen LogP contribution in [0.5, 0.6) is 5.75 Å². The molecule has 0 amide bonds. The molecule has 0 unspecified atom stereocenters. The van der Waals surface area contributed by atoms with E-state index in [2.05, 4.69) is 49.2 Å². The Balaban J connectivity index is 1.81. The molecule has 1 fully saturated rings. The van der Waals surface area contributed by atoms with Crippen LogP contribution in [0, 0.1) is 12.8 Å². The molecule has 4 heteroatoms. The Labute approximate surface area is 128 Å². The van der Waals surface area contributed by atoms with E-state index in [1.807, 2.05) is 0 Å². The summed E-state index contributed by atoms with van der Waals surface area (Å²) in [6.07, 6.45) is 0. The van der Waals surface area contributed by atoms with Crippen molar-refractivity contribution in [2.45, 2.75) is 20.8 Å². The zero-order valence-corrected chi connectivity index (χ0v) is 13.5. The number of aryl methyl sites for hydroxylation is 1. The molecule has 0 spiro atoms. The van der Waals surface area contributed by atoms with Gasteiger partial charge in [0.25, 0.3) is 0 Å². The summed E-state index contributed by atoms with van der Waals surface area (Å²) in [5.41, 5.74) is 2.59. The molecule has 1 aromatic carbocycles. The maximum Gasteiger partial charge on any atom is 0.119 e. The predicted molar refractivity (Wildman–Crippen MR) is 87.4 cm³/mol. The lowest BCUT2D eigenvalue weighted by Crippen LogP contribution is -2.43. The fraction of sp³-hybridized carbons (Fsp3) is 0.647.